The molecule has 1 aromatic heterocycles. The van der Waals surface area contributed by atoms with E-state index >= 15 is 0 Å². The van der Waals surface area contributed by atoms with Crippen molar-refractivity contribution in [3.63, 3.8) is 0 Å². The number of ether oxygens (including phenoxy) is 2. The number of benzene rings is 3. The maximum atomic E-state index is 13.4. The summed E-state index contributed by atoms with van der Waals surface area (Å²) in [5.41, 5.74) is 1.80. The van der Waals surface area contributed by atoms with Gasteiger partial charge in [-0.15, -0.1) is 0 Å². The lowest BCUT2D eigenvalue weighted by atomic mass is 10.1. The molecule has 4 aromatic rings. The molecule has 0 aliphatic heterocycles. The van der Waals surface area contributed by atoms with E-state index in [1.54, 1.807) is 48.7 Å². The maximum absolute atomic E-state index is 13.4. The normalized spacial score (nSPS) is 12.1. The molecule has 37 heavy (non-hydrogen) atoms. The number of aromatic nitrogens is 2. The molecule has 3 aromatic carbocycles. The Balaban J connectivity index is 1.75. The van der Waals surface area contributed by atoms with Crippen molar-refractivity contribution >= 4 is 39.0 Å². The average Bonchev–Trinajstić information content (AvgIpc) is 2.91. The Kier molecular flexibility index (Phi) is 8.03. The summed E-state index contributed by atoms with van der Waals surface area (Å²) in [7, 11) is 1.53. The number of hydrogen-bond acceptors (Lipinski definition) is 6. The van der Waals surface area contributed by atoms with Crippen LogP contribution in [0.4, 0.5) is 0 Å². The van der Waals surface area contributed by atoms with E-state index in [2.05, 4.69) is 21.0 Å². The van der Waals surface area contributed by atoms with E-state index in [1.807, 2.05) is 26.0 Å². The third-order valence-electron chi connectivity index (χ3n) is 5.99. The van der Waals surface area contributed by atoms with Gasteiger partial charge in [0.25, 0.3) is 5.56 Å². The topological polar surface area (TPSA) is 103 Å². The zero-order chi connectivity index (χ0) is 26.5. The number of carbonyl (C=O) groups is 1. The molecule has 0 saturated carbocycles. The highest BCUT2D eigenvalue weighted by molar-refractivity contribution is 9.10. The summed E-state index contributed by atoms with van der Waals surface area (Å²) in [5.74, 6) is 0.456. The lowest BCUT2D eigenvalue weighted by Gasteiger charge is -2.15. The van der Waals surface area contributed by atoms with Gasteiger partial charge < -0.3 is 14.6 Å². The molecule has 8 nitrogen and oxygen atoms in total. The molecule has 1 atom stereocenters. The minimum absolute atomic E-state index is 0.000406. The summed E-state index contributed by atoms with van der Waals surface area (Å²) in [6.07, 6.45) is 2.33. The molecule has 9 heteroatoms. The van der Waals surface area contributed by atoms with E-state index in [1.165, 1.54) is 17.9 Å². The highest BCUT2D eigenvalue weighted by Crippen LogP contribution is 2.31. The third-order valence-corrected chi connectivity index (χ3v) is 6.48. The van der Waals surface area contributed by atoms with Crippen LogP contribution < -0.4 is 15.0 Å². The maximum Gasteiger partial charge on any atom is 0.335 e. The van der Waals surface area contributed by atoms with Gasteiger partial charge in [-0.2, -0.15) is 9.78 Å². The second kappa shape index (κ2) is 11.4. The van der Waals surface area contributed by atoms with Crippen LogP contribution in [0.1, 0.15) is 53.5 Å². The van der Waals surface area contributed by atoms with Crippen LogP contribution in [0.2, 0.25) is 0 Å². The predicted octanol–water partition coefficient (Wildman–Crippen LogP) is 5.84. The van der Waals surface area contributed by atoms with Gasteiger partial charge in [0.15, 0.2) is 11.5 Å². The number of aromatic carboxylic acids is 1. The number of methoxy groups -OCH3 is 1. The van der Waals surface area contributed by atoms with Gasteiger partial charge in [0.05, 0.1) is 29.8 Å². The number of rotatable bonds is 9. The summed E-state index contributed by atoms with van der Waals surface area (Å²) in [6, 6.07) is 17.3. The lowest BCUT2D eigenvalue weighted by molar-refractivity contribution is 0.0696. The van der Waals surface area contributed by atoms with E-state index in [0.717, 1.165) is 10.9 Å². The molecular formula is C28H26BrN3O5. The van der Waals surface area contributed by atoms with Gasteiger partial charge in [0.2, 0.25) is 0 Å². The molecule has 190 valence electrons. The molecule has 0 aliphatic carbocycles. The monoisotopic (exact) mass is 563 g/mol. The molecule has 0 spiro atoms. The van der Waals surface area contributed by atoms with Crippen LogP contribution in [0.3, 0.4) is 0 Å². The molecule has 0 bridgehead atoms. The summed E-state index contributed by atoms with van der Waals surface area (Å²) in [4.78, 5) is 29.5. The summed E-state index contributed by atoms with van der Waals surface area (Å²) in [5, 5.41) is 14.3. The van der Waals surface area contributed by atoms with Crippen molar-refractivity contribution in [3.8, 4) is 11.5 Å². The zero-order valence-corrected chi connectivity index (χ0v) is 22.2. The van der Waals surface area contributed by atoms with Crippen LogP contribution in [0.5, 0.6) is 11.5 Å². The van der Waals surface area contributed by atoms with Gasteiger partial charge in [-0.3, -0.25) is 4.79 Å². The molecule has 4 rings (SSSR count). The number of hydrogen-bond donors (Lipinski definition) is 1. The number of para-hydroxylation sites is 1. The number of nitrogens with zero attached hydrogens (tertiary/aromatic N) is 3. The first-order valence-electron chi connectivity index (χ1n) is 11.7. The molecule has 0 aliphatic rings. The highest BCUT2D eigenvalue weighted by Gasteiger charge is 2.16. The zero-order valence-electron chi connectivity index (χ0n) is 20.6. The van der Waals surface area contributed by atoms with E-state index < -0.39 is 5.97 Å². The summed E-state index contributed by atoms with van der Waals surface area (Å²) < 4.78 is 13.7. The Morgan fingerprint density at radius 3 is 2.70 bits per heavy atom. The first-order chi connectivity index (χ1) is 17.8. The Bertz CT molecular complexity index is 1550. The van der Waals surface area contributed by atoms with Gasteiger partial charge in [-0.05, 0) is 54.4 Å². The quantitative estimate of drug-likeness (QED) is 0.256. The fourth-order valence-electron chi connectivity index (χ4n) is 3.80. The van der Waals surface area contributed by atoms with E-state index in [-0.39, 0.29) is 23.6 Å². The van der Waals surface area contributed by atoms with E-state index in [9.17, 15) is 14.7 Å². The van der Waals surface area contributed by atoms with Crippen molar-refractivity contribution < 1.29 is 19.4 Å². The first kappa shape index (κ1) is 26.1. The lowest BCUT2D eigenvalue weighted by Crippen LogP contribution is -2.23. The Morgan fingerprint density at radius 2 is 1.97 bits per heavy atom. The average molecular weight is 564 g/mol. The largest absolute Gasteiger partial charge is 0.493 e. The Morgan fingerprint density at radius 1 is 1.19 bits per heavy atom. The van der Waals surface area contributed by atoms with E-state index in [0.29, 0.717) is 39.4 Å². The molecule has 0 fully saturated rings. The highest BCUT2D eigenvalue weighted by atomic mass is 79.9. The fraction of sp³-hybridized carbons (Fsp3) is 0.214. The minimum atomic E-state index is -1.01. The third kappa shape index (κ3) is 5.72. The van der Waals surface area contributed by atoms with Crippen molar-refractivity contribution in [1.82, 2.24) is 9.66 Å². The Hall–Kier alpha value is -3.98. The number of carboxylic acids is 1. The number of fused-ring (bicyclic) bond motifs is 1. The fourth-order valence-corrected chi connectivity index (χ4v) is 4.16. The van der Waals surface area contributed by atoms with Crippen LogP contribution in [-0.4, -0.2) is 34.1 Å². The van der Waals surface area contributed by atoms with Crippen LogP contribution in [0, 0.1) is 0 Å². The van der Waals surface area contributed by atoms with Gasteiger partial charge >= 0.3 is 5.97 Å². The van der Waals surface area contributed by atoms with Crippen molar-refractivity contribution in [2.24, 2.45) is 5.10 Å². The van der Waals surface area contributed by atoms with Crippen LogP contribution in [0.25, 0.3) is 10.9 Å². The van der Waals surface area contributed by atoms with Gasteiger partial charge in [0.1, 0.15) is 12.4 Å². The first-order valence-corrected chi connectivity index (χ1v) is 12.5. The smallest absolute Gasteiger partial charge is 0.335 e. The Labute approximate surface area is 222 Å². The van der Waals surface area contributed by atoms with Gasteiger partial charge in [0, 0.05) is 16.0 Å². The molecule has 1 heterocycles. The summed E-state index contributed by atoms with van der Waals surface area (Å²) in [6.45, 7) is 4.15. The molecule has 0 unspecified atom stereocenters. The number of halogens is 1. The molecular weight excluding hydrogens is 538 g/mol. The van der Waals surface area contributed by atoms with Crippen molar-refractivity contribution in [2.75, 3.05) is 7.11 Å². The standard InChI is InChI=1S/C28H26BrN3O5/c1-4-17(2)26-31-23-12-11-21(29)14-22(23)27(33)32(26)30-15-20-9-6-10-24(36-3)25(20)37-16-18-7-5-8-19(13-18)28(34)35/h5-15,17H,4,16H2,1-3H3,(H,34,35)/t17-/m0/s1. The minimum Gasteiger partial charge on any atom is -0.493 e. The van der Waals surface area contributed by atoms with Crippen LogP contribution in [0.15, 0.2) is 75.0 Å². The van der Waals surface area contributed by atoms with Crippen LogP contribution >= 0.6 is 15.9 Å². The molecule has 0 amide bonds. The van der Waals surface area contributed by atoms with E-state index in [4.69, 9.17) is 14.5 Å². The van der Waals surface area contributed by atoms with Crippen LogP contribution in [-0.2, 0) is 6.61 Å². The molecule has 0 radical (unpaired) electrons. The van der Waals surface area contributed by atoms with Crippen molar-refractivity contribution in [1.29, 1.82) is 0 Å². The summed E-state index contributed by atoms with van der Waals surface area (Å²) >= 11 is 3.42. The van der Waals surface area contributed by atoms with Gasteiger partial charge in [-0.1, -0.05) is 48.0 Å². The van der Waals surface area contributed by atoms with Crippen molar-refractivity contribution in [2.45, 2.75) is 32.8 Å². The predicted molar refractivity (Wildman–Crippen MR) is 146 cm³/mol. The number of carboxylic acid groups (broad SMARTS) is 1. The second-order valence-electron chi connectivity index (χ2n) is 8.48. The van der Waals surface area contributed by atoms with Gasteiger partial charge in [-0.25, -0.2) is 9.78 Å². The van der Waals surface area contributed by atoms with Crippen molar-refractivity contribution in [3.05, 3.63) is 98.0 Å². The second-order valence-corrected chi connectivity index (χ2v) is 9.39. The SMILES string of the molecule is CC[C@H](C)c1nc2ccc(Br)cc2c(=O)n1N=Cc1cccc(OC)c1OCc1cccc(C(=O)O)c1. The molecule has 1 N–H and O–H groups in total. The molecule has 0 saturated heterocycles.